The molecule has 1 aliphatic rings. The van der Waals surface area contributed by atoms with Gasteiger partial charge in [-0.25, -0.2) is 9.48 Å². The van der Waals surface area contributed by atoms with Crippen molar-refractivity contribution in [2.75, 3.05) is 31.8 Å². The number of esters is 1. The molecule has 4 heterocycles. The van der Waals surface area contributed by atoms with Gasteiger partial charge in [0.2, 0.25) is 0 Å². The molecule has 0 aliphatic carbocycles. The Morgan fingerprint density at radius 1 is 0.948 bits per heavy atom. The minimum Gasteiger partial charge on any atom is -0.494 e. The van der Waals surface area contributed by atoms with Gasteiger partial charge in [0.15, 0.2) is 0 Å². The van der Waals surface area contributed by atoms with Gasteiger partial charge >= 0.3 is 5.97 Å². The van der Waals surface area contributed by atoms with E-state index in [1.54, 1.807) is 21.8 Å². The van der Waals surface area contributed by atoms with Crippen LogP contribution >= 0.6 is 23.2 Å². The minimum atomic E-state index is -1.30. The van der Waals surface area contributed by atoms with E-state index in [-0.39, 0.29) is 12.6 Å². The van der Waals surface area contributed by atoms with Crippen molar-refractivity contribution in [2.24, 2.45) is 7.05 Å². The van der Waals surface area contributed by atoms with Crippen molar-refractivity contribution < 1.29 is 23.8 Å². The smallest absolute Gasteiger partial charge is 0.338 e. The Morgan fingerprint density at radius 2 is 1.69 bits per heavy atom. The second kappa shape index (κ2) is 16.6. The summed E-state index contributed by atoms with van der Waals surface area (Å²) in [6, 6.07) is 12.6. The largest absolute Gasteiger partial charge is 0.494 e. The lowest BCUT2D eigenvalue weighted by molar-refractivity contribution is 0.0602. The van der Waals surface area contributed by atoms with Crippen molar-refractivity contribution in [3.05, 3.63) is 92.0 Å². The molecule has 0 atom stereocenters. The van der Waals surface area contributed by atoms with E-state index in [0.717, 1.165) is 66.9 Å². The van der Waals surface area contributed by atoms with E-state index in [9.17, 15) is 4.79 Å². The first-order chi connectivity index (χ1) is 27.6. The maximum atomic E-state index is 15.3. The number of carbonyl (C=O) groups is 2. The molecule has 0 saturated heterocycles. The molecule has 6 aromatic rings. The van der Waals surface area contributed by atoms with E-state index in [0.29, 0.717) is 78.4 Å². The lowest BCUT2D eigenvalue weighted by atomic mass is 9.98. The van der Waals surface area contributed by atoms with Crippen molar-refractivity contribution in [2.45, 2.75) is 85.9 Å². The topological polar surface area (TPSA) is 106 Å². The first-order valence-corrected chi connectivity index (χ1v) is 24.3. The van der Waals surface area contributed by atoms with Crippen LogP contribution in [-0.2, 0) is 36.2 Å². The van der Waals surface area contributed by atoms with Crippen LogP contribution in [-0.4, -0.2) is 70.9 Å². The van der Waals surface area contributed by atoms with Gasteiger partial charge in [-0.1, -0.05) is 48.9 Å². The molecule has 58 heavy (non-hydrogen) atoms. The van der Waals surface area contributed by atoms with Gasteiger partial charge in [-0.3, -0.25) is 9.48 Å². The molecule has 1 aliphatic heterocycles. The van der Waals surface area contributed by atoms with Crippen LogP contribution in [0.2, 0.25) is 35.7 Å². The molecule has 306 valence electrons. The lowest BCUT2D eigenvalue weighted by Gasteiger charge is -2.22. The number of anilines is 1. The Hall–Kier alpha value is -4.62. The predicted octanol–water partition coefficient (Wildman–Crippen LogP) is 10.1. The Balaban J connectivity index is 1.33. The number of nitrogens with zero attached hydrogens (tertiary/aromatic N) is 6. The molecule has 0 N–H and O–H groups in total. The Kier molecular flexibility index (Phi) is 11.9. The number of rotatable bonds is 13. The highest BCUT2D eigenvalue weighted by atomic mass is 35.5. The molecule has 0 bridgehead atoms. The fourth-order valence-electron chi connectivity index (χ4n) is 8.11. The standard InChI is InChI=1S/C44H52Cl2N6O5Si/c1-26-20-31(21-27(2)40(26)46)57-17-10-12-32-33-13-14-36(45)39(38-28(3)48-49(5)29(38)4)41(33)51-16-11-15-50(43(53)42(32)51)30-22-34(44(54)55-6)35-24-47-52(37(35)23-30)25-56-18-19-58(7,8)9/h13-14,20-24H,10-12,15-19,25H2,1-9H3. The van der Waals surface area contributed by atoms with Crippen molar-refractivity contribution in [1.29, 1.82) is 0 Å². The molecule has 3 aromatic heterocycles. The van der Waals surface area contributed by atoms with E-state index >= 15 is 4.79 Å². The number of amides is 1. The van der Waals surface area contributed by atoms with Gasteiger partial charge in [0.05, 0.1) is 47.2 Å². The monoisotopic (exact) mass is 842 g/mol. The Morgan fingerprint density at radius 3 is 2.36 bits per heavy atom. The van der Waals surface area contributed by atoms with E-state index in [1.165, 1.54) is 7.11 Å². The molecule has 0 spiro atoms. The summed E-state index contributed by atoms with van der Waals surface area (Å²) in [4.78, 5) is 30.4. The normalized spacial score (nSPS) is 13.4. The summed E-state index contributed by atoms with van der Waals surface area (Å²) in [6.07, 6.45) is 3.54. The number of aromatic nitrogens is 5. The van der Waals surface area contributed by atoms with Crippen molar-refractivity contribution in [1.82, 2.24) is 24.1 Å². The number of hydrogen-bond donors (Lipinski definition) is 0. The number of aryl methyl sites for hydroxylation is 6. The zero-order valence-corrected chi connectivity index (χ0v) is 37.4. The van der Waals surface area contributed by atoms with Crippen LogP contribution in [0.1, 0.15) is 61.8 Å². The number of ether oxygens (including phenoxy) is 3. The number of methoxy groups -OCH3 is 1. The second-order valence-corrected chi connectivity index (χ2v) is 22.9. The summed E-state index contributed by atoms with van der Waals surface area (Å²) in [5.74, 6) is 0.0925. The third-order valence-electron chi connectivity index (χ3n) is 11.2. The third-order valence-corrected chi connectivity index (χ3v) is 13.8. The average Bonchev–Trinajstić information content (AvgIpc) is 3.76. The summed E-state index contributed by atoms with van der Waals surface area (Å²) in [5.41, 5.74) is 9.63. The maximum Gasteiger partial charge on any atom is 0.338 e. The SMILES string of the molecule is COC(=O)c1cc(N2CCCn3c(c(CCCOc4cc(C)c(Cl)c(C)c4)c4ccc(Cl)c(-c5c(C)nn(C)c5C)c43)C2=O)cc2c1cnn2COCC[Si](C)(C)C. The quantitative estimate of drug-likeness (QED) is 0.0648. The molecule has 0 fully saturated rings. The Bertz CT molecular complexity index is 2540. The highest BCUT2D eigenvalue weighted by Crippen LogP contribution is 2.43. The average molecular weight is 844 g/mol. The maximum absolute atomic E-state index is 15.3. The van der Waals surface area contributed by atoms with E-state index < -0.39 is 14.0 Å². The predicted molar refractivity (Wildman–Crippen MR) is 235 cm³/mol. The summed E-state index contributed by atoms with van der Waals surface area (Å²) in [7, 11) is 1.99. The summed E-state index contributed by atoms with van der Waals surface area (Å²) in [6.45, 7) is 17.2. The van der Waals surface area contributed by atoms with Crippen molar-refractivity contribution in [3.63, 3.8) is 0 Å². The number of hydrogen-bond acceptors (Lipinski definition) is 7. The molecule has 7 rings (SSSR count). The minimum absolute atomic E-state index is 0.164. The molecule has 3 aromatic carbocycles. The van der Waals surface area contributed by atoms with Gasteiger partial charge in [-0.15, -0.1) is 0 Å². The highest BCUT2D eigenvalue weighted by molar-refractivity contribution is 6.76. The van der Waals surface area contributed by atoms with Crippen LogP contribution in [0.5, 0.6) is 5.75 Å². The zero-order chi connectivity index (χ0) is 41.6. The lowest BCUT2D eigenvalue weighted by Crippen LogP contribution is -2.32. The molecule has 14 heteroatoms. The van der Waals surface area contributed by atoms with Crippen molar-refractivity contribution in [3.8, 4) is 16.9 Å². The van der Waals surface area contributed by atoms with Crippen LogP contribution in [0.15, 0.2) is 42.6 Å². The molecular formula is C44H52Cl2N6O5Si. The molecule has 11 nitrogen and oxygen atoms in total. The van der Waals surface area contributed by atoms with Gasteiger partial charge in [0.1, 0.15) is 18.2 Å². The second-order valence-electron chi connectivity index (χ2n) is 16.5. The number of carbonyl (C=O) groups excluding carboxylic acids is 2. The molecule has 0 radical (unpaired) electrons. The third kappa shape index (κ3) is 7.91. The fraction of sp³-hybridized carbons (Fsp3) is 0.409. The summed E-state index contributed by atoms with van der Waals surface area (Å²) in [5, 5.41) is 12.3. The van der Waals surface area contributed by atoms with Crippen LogP contribution in [0.4, 0.5) is 5.69 Å². The first kappa shape index (κ1) is 41.5. The van der Waals surface area contributed by atoms with Crippen LogP contribution in [0.25, 0.3) is 32.9 Å². The van der Waals surface area contributed by atoms with Crippen LogP contribution in [0.3, 0.4) is 0 Å². The zero-order valence-electron chi connectivity index (χ0n) is 34.9. The molecular weight excluding hydrogens is 792 g/mol. The summed E-state index contributed by atoms with van der Waals surface area (Å²) >= 11 is 13.6. The molecule has 0 unspecified atom stereocenters. The van der Waals surface area contributed by atoms with Gasteiger partial charge in [0, 0.05) is 73.1 Å². The fourth-order valence-corrected chi connectivity index (χ4v) is 9.22. The summed E-state index contributed by atoms with van der Waals surface area (Å²) < 4.78 is 23.4. The van der Waals surface area contributed by atoms with E-state index in [1.807, 2.05) is 69.8 Å². The Labute approximate surface area is 350 Å². The van der Waals surface area contributed by atoms with E-state index in [4.69, 9.17) is 42.5 Å². The number of halogens is 2. The molecule has 0 saturated carbocycles. The van der Waals surface area contributed by atoms with Crippen molar-refractivity contribution >= 4 is 70.6 Å². The van der Waals surface area contributed by atoms with Crippen LogP contribution < -0.4 is 9.64 Å². The highest BCUT2D eigenvalue weighted by Gasteiger charge is 2.33. The van der Waals surface area contributed by atoms with Gasteiger partial charge in [0.25, 0.3) is 5.91 Å². The molecule has 1 amide bonds. The van der Waals surface area contributed by atoms with E-state index in [2.05, 4.69) is 29.3 Å². The van der Waals surface area contributed by atoms with Crippen LogP contribution in [0, 0.1) is 27.7 Å². The number of fused-ring (bicyclic) bond motifs is 4. The van der Waals surface area contributed by atoms with Gasteiger partial charge in [-0.05, 0) is 100 Å². The number of benzene rings is 3. The first-order valence-electron chi connectivity index (χ1n) is 19.8. The van der Waals surface area contributed by atoms with Gasteiger partial charge in [-0.2, -0.15) is 10.2 Å². The van der Waals surface area contributed by atoms with Gasteiger partial charge < -0.3 is 23.7 Å².